The Bertz CT molecular complexity index is 2080. The maximum Gasteiger partial charge on any atom is 0.0352 e. The molecule has 46 heavy (non-hydrogen) atoms. The van der Waals surface area contributed by atoms with Gasteiger partial charge in [0.05, 0.1) is 0 Å². The molecule has 0 aliphatic heterocycles. The van der Waals surface area contributed by atoms with Crippen molar-refractivity contribution in [3.8, 4) is 44.8 Å². The minimum atomic E-state index is 0. The summed E-state index contributed by atoms with van der Waals surface area (Å²) in [4.78, 5) is 13.4. The second-order valence-electron chi connectivity index (χ2n) is 11.5. The smallest absolute Gasteiger partial charge is 0.0352 e. The van der Waals surface area contributed by atoms with Gasteiger partial charge in [0.15, 0.2) is 0 Å². The van der Waals surface area contributed by atoms with Crippen LogP contribution in [-0.4, -0.2) is 15.0 Å². The summed E-state index contributed by atoms with van der Waals surface area (Å²) in [5, 5.41) is 2.36. The van der Waals surface area contributed by atoms with Gasteiger partial charge in [0.2, 0.25) is 0 Å². The van der Waals surface area contributed by atoms with Crippen molar-refractivity contribution in [3.63, 3.8) is 0 Å². The molecule has 0 saturated carbocycles. The molecule has 0 spiro atoms. The Morgan fingerprint density at radius 1 is 0.565 bits per heavy atom. The molecule has 0 atom stereocenters. The number of benzene rings is 4. The van der Waals surface area contributed by atoms with Crippen LogP contribution in [0.4, 0.5) is 0 Å². The predicted octanol–water partition coefficient (Wildman–Crippen LogP) is 10.5. The van der Waals surface area contributed by atoms with E-state index in [-0.39, 0.29) is 20.1 Å². The van der Waals surface area contributed by atoms with Crippen molar-refractivity contribution in [2.45, 2.75) is 34.6 Å². The molecule has 4 heteroatoms. The van der Waals surface area contributed by atoms with E-state index in [2.05, 4.69) is 128 Å². The SMILES string of the molecule is Cc1c[c-]c(-c2cc(C)c(C)cn2)cc1.Cc1ccc(-c2ccc(-c3cc[c-]c(-c4ccccn4)c3C)c3ccncc23)cc1.[Ir]. The van der Waals surface area contributed by atoms with Crippen LogP contribution in [0.15, 0.2) is 122 Å². The summed E-state index contributed by atoms with van der Waals surface area (Å²) < 4.78 is 0. The summed E-state index contributed by atoms with van der Waals surface area (Å²) in [7, 11) is 0. The van der Waals surface area contributed by atoms with Crippen LogP contribution in [0, 0.1) is 46.8 Å². The van der Waals surface area contributed by atoms with E-state index in [1.54, 1.807) is 0 Å². The Kier molecular flexibility index (Phi) is 10.3. The molecule has 0 amide bonds. The average molecular weight is 774 g/mol. The van der Waals surface area contributed by atoms with Crippen LogP contribution in [0.2, 0.25) is 0 Å². The van der Waals surface area contributed by atoms with Crippen molar-refractivity contribution in [1.82, 2.24) is 15.0 Å². The summed E-state index contributed by atoms with van der Waals surface area (Å²) in [6, 6.07) is 40.2. The number of nitrogens with zero attached hydrogens (tertiary/aromatic N) is 3. The molecule has 0 N–H and O–H groups in total. The average Bonchev–Trinajstić information content (AvgIpc) is 3.07. The maximum atomic E-state index is 4.53. The molecule has 7 rings (SSSR count). The summed E-state index contributed by atoms with van der Waals surface area (Å²) >= 11 is 0. The second kappa shape index (κ2) is 14.6. The zero-order valence-corrected chi connectivity index (χ0v) is 29.1. The van der Waals surface area contributed by atoms with Gasteiger partial charge in [0.25, 0.3) is 0 Å². The van der Waals surface area contributed by atoms with Crippen molar-refractivity contribution in [2.24, 2.45) is 0 Å². The van der Waals surface area contributed by atoms with Gasteiger partial charge in [-0.25, -0.2) is 0 Å². The second-order valence-corrected chi connectivity index (χ2v) is 11.5. The maximum absolute atomic E-state index is 4.53. The zero-order chi connectivity index (χ0) is 31.3. The van der Waals surface area contributed by atoms with Gasteiger partial charge < -0.3 is 9.97 Å². The summed E-state index contributed by atoms with van der Waals surface area (Å²) in [6.45, 7) is 10.5. The van der Waals surface area contributed by atoms with Gasteiger partial charge in [-0.1, -0.05) is 85.1 Å². The molecular formula is C42H35IrN3-2. The molecule has 0 unspecified atom stereocenters. The van der Waals surface area contributed by atoms with Gasteiger partial charge >= 0.3 is 0 Å². The van der Waals surface area contributed by atoms with Crippen LogP contribution in [0.25, 0.3) is 55.5 Å². The first kappa shape index (κ1) is 32.6. The normalized spacial score (nSPS) is 10.5. The first-order valence-corrected chi connectivity index (χ1v) is 15.2. The molecule has 0 saturated heterocycles. The number of aryl methyl sites for hydroxylation is 4. The van der Waals surface area contributed by atoms with Crippen molar-refractivity contribution in [3.05, 3.63) is 162 Å². The van der Waals surface area contributed by atoms with Gasteiger partial charge in [-0.05, 0) is 71.9 Å². The predicted molar refractivity (Wildman–Crippen MR) is 187 cm³/mol. The van der Waals surface area contributed by atoms with Crippen LogP contribution in [0.5, 0.6) is 0 Å². The van der Waals surface area contributed by atoms with E-state index in [9.17, 15) is 0 Å². The minimum absolute atomic E-state index is 0. The molecule has 229 valence electrons. The Morgan fingerprint density at radius 3 is 2.07 bits per heavy atom. The van der Waals surface area contributed by atoms with Crippen LogP contribution in [0.1, 0.15) is 27.8 Å². The first-order chi connectivity index (χ1) is 21.9. The number of hydrogen-bond donors (Lipinski definition) is 0. The largest absolute Gasteiger partial charge is 0.305 e. The fraction of sp³-hybridized carbons (Fsp3) is 0.119. The number of fused-ring (bicyclic) bond motifs is 1. The van der Waals surface area contributed by atoms with Crippen molar-refractivity contribution < 1.29 is 20.1 Å². The Labute approximate surface area is 285 Å². The van der Waals surface area contributed by atoms with Crippen LogP contribution in [-0.2, 0) is 20.1 Å². The molecule has 7 aromatic rings. The third-order valence-electron chi connectivity index (χ3n) is 8.27. The monoisotopic (exact) mass is 774 g/mol. The molecule has 3 heterocycles. The fourth-order valence-corrected chi connectivity index (χ4v) is 5.49. The molecule has 0 aliphatic carbocycles. The van der Waals surface area contributed by atoms with Crippen LogP contribution in [0.3, 0.4) is 0 Å². The standard InChI is InChI=1S/C28H21N2.C14H14N.Ir/c1-19-9-11-21(12-10-19)24-13-14-25(26-15-17-29-18-27(24)26)22-6-5-7-23(20(22)2)28-8-3-4-16-30-28;1-10-4-6-13(7-5-10)14-8-11(2)12(3)9-15-14;/h3-6,8-18H,1-2H3;4-6,8-9H,1-3H3;/q2*-1;. The summed E-state index contributed by atoms with van der Waals surface area (Å²) in [6.07, 6.45) is 7.58. The molecule has 4 aromatic carbocycles. The molecule has 1 radical (unpaired) electrons. The van der Waals surface area contributed by atoms with Gasteiger partial charge in [-0.15, -0.1) is 64.7 Å². The van der Waals surface area contributed by atoms with E-state index in [0.717, 1.165) is 27.9 Å². The van der Waals surface area contributed by atoms with Gasteiger partial charge in [0.1, 0.15) is 0 Å². The first-order valence-electron chi connectivity index (χ1n) is 15.2. The molecule has 3 nitrogen and oxygen atoms in total. The van der Waals surface area contributed by atoms with E-state index in [1.807, 2.05) is 55.1 Å². The third-order valence-corrected chi connectivity index (χ3v) is 8.27. The van der Waals surface area contributed by atoms with Gasteiger partial charge in [-0.2, -0.15) is 0 Å². The topological polar surface area (TPSA) is 38.7 Å². The number of aromatic nitrogens is 3. The quantitative estimate of drug-likeness (QED) is 0.167. The Morgan fingerprint density at radius 2 is 1.35 bits per heavy atom. The number of pyridine rings is 3. The van der Waals surface area contributed by atoms with Crippen LogP contribution < -0.4 is 0 Å². The summed E-state index contributed by atoms with van der Waals surface area (Å²) in [5.74, 6) is 0. The third kappa shape index (κ3) is 7.05. The van der Waals surface area contributed by atoms with E-state index in [1.165, 1.54) is 55.5 Å². The fourth-order valence-electron chi connectivity index (χ4n) is 5.49. The van der Waals surface area contributed by atoms with E-state index >= 15 is 0 Å². The van der Waals surface area contributed by atoms with E-state index in [0.29, 0.717) is 0 Å². The van der Waals surface area contributed by atoms with Gasteiger partial charge in [-0.3, -0.25) is 4.98 Å². The van der Waals surface area contributed by atoms with E-state index in [4.69, 9.17) is 0 Å². The molecule has 3 aromatic heterocycles. The van der Waals surface area contributed by atoms with Crippen molar-refractivity contribution in [2.75, 3.05) is 0 Å². The molecule has 0 bridgehead atoms. The molecule has 0 fully saturated rings. The number of hydrogen-bond acceptors (Lipinski definition) is 3. The van der Waals surface area contributed by atoms with Gasteiger partial charge in [0, 0.05) is 50.3 Å². The molecule has 0 aliphatic rings. The number of rotatable bonds is 4. The zero-order valence-electron chi connectivity index (χ0n) is 26.7. The molecular weight excluding hydrogens is 739 g/mol. The van der Waals surface area contributed by atoms with Crippen molar-refractivity contribution >= 4 is 10.8 Å². The minimum Gasteiger partial charge on any atom is -0.305 e. The Balaban J connectivity index is 0.000000220. The van der Waals surface area contributed by atoms with Crippen molar-refractivity contribution in [1.29, 1.82) is 0 Å². The Hall–Kier alpha value is -4.76. The summed E-state index contributed by atoms with van der Waals surface area (Å²) in [5.41, 5.74) is 15.0. The van der Waals surface area contributed by atoms with Crippen LogP contribution >= 0.6 is 0 Å². The van der Waals surface area contributed by atoms with E-state index < -0.39 is 0 Å².